The summed E-state index contributed by atoms with van der Waals surface area (Å²) in [4.78, 5) is 7.21. The first-order chi connectivity index (χ1) is 10.2. The molecule has 0 aromatic heterocycles. The molecule has 114 valence electrons. The average molecular weight is 316 g/mol. The molecule has 0 heterocycles. The Morgan fingerprint density at radius 2 is 2.10 bits per heavy atom. The normalized spacial score (nSPS) is 12.3. The molecule has 0 unspecified atom stereocenters. The summed E-state index contributed by atoms with van der Waals surface area (Å²) in [6.07, 6.45) is 0.955. The molecule has 1 aromatic carbocycles. The minimum Gasteiger partial charge on any atom is -0.364 e. The first kappa shape index (κ1) is 17.3. The topological polar surface area (TPSA) is 46.0 Å². The van der Waals surface area contributed by atoms with Gasteiger partial charge in [-0.15, -0.1) is 0 Å². The van der Waals surface area contributed by atoms with Crippen LogP contribution in [0.3, 0.4) is 0 Å². The number of hydrogen-bond donors (Lipinski definition) is 1. The highest BCUT2D eigenvalue weighted by Gasteiger charge is 2.02. The number of nitrogens with zero attached hydrogens (tertiary/aromatic N) is 2. The predicted molar refractivity (Wildman–Crippen MR) is 81.3 cm³/mol. The van der Waals surface area contributed by atoms with Crippen LogP contribution in [0.1, 0.15) is 5.56 Å². The van der Waals surface area contributed by atoms with Gasteiger partial charge in [-0.25, -0.2) is 13.8 Å². The molecule has 0 amide bonds. The first-order valence-corrected chi connectivity index (χ1v) is 6.53. The largest absolute Gasteiger partial charge is 0.364 e. The number of nitrogens with one attached hydrogen (secondary N) is 1. The number of aliphatic imine (C=N–C) groups is 2. The summed E-state index contributed by atoms with van der Waals surface area (Å²) in [7, 11) is 0. The summed E-state index contributed by atoms with van der Waals surface area (Å²) in [5.74, 6) is -0.706. The molecular weight excluding hydrogens is 300 g/mol. The lowest BCUT2D eigenvalue weighted by molar-refractivity contribution is 0.126. The van der Waals surface area contributed by atoms with E-state index in [1.807, 2.05) is 12.1 Å². The van der Waals surface area contributed by atoms with E-state index in [2.05, 4.69) is 22.0 Å². The SMILES string of the molecule is C=N/C(NCc1ccc(Cl)cc1)=C(F)\C=N/COCCF. The Bertz CT molecular complexity index is 503. The quantitative estimate of drug-likeness (QED) is 0.561. The van der Waals surface area contributed by atoms with Crippen LogP contribution < -0.4 is 5.32 Å². The highest BCUT2D eigenvalue weighted by molar-refractivity contribution is 6.30. The second kappa shape index (κ2) is 10.0. The van der Waals surface area contributed by atoms with Crippen LogP contribution in [0.25, 0.3) is 0 Å². The van der Waals surface area contributed by atoms with E-state index >= 15 is 0 Å². The molecule has 0 aliphatic carbocycles. The van der Waals surface area contributed by atoms with Crippen LogP contribution >= 0.6 is 11.6 Å². The van der Waals surface area contributed by atoms with Gasteiger partial charge in [0.15, 0.2) is 11.6 Å². The summed E-state index contributed by atoms with van der Waals surface area (Å²) in [6, 6.07) is 7.10. The number of halogens is 3. The maximum atomic E-state index is 13.7. The van der Waals surface area contributed by atoms with Crippen LogP contribution in [-0.4, -0.2) is 32.9 Å². The Balaban J connectivity index is 2.53. The van der Waals surface area contributed by atoms with Crippen molar-refractivity contribution in [1.29, 1.82) is 0 Å². The molecule has 1 rings (SSSR count). The van der Waals surface area contributed by atoms with Crippen molar-refractivity contribution in [2.75, 3.05) is 20.0 Å². The fourth-order valence-electron chi connectivity index (χ4n) is 1.35. The molecule has 0 spiro atoms. The average Bonchev–Trinajstić information content (AvgIpc) is 2.49. The van der Waals surface area contributed by atoms with Gasteiger partial charge >= 0.3 is 0 Å². The van der Waals surface area contributed by atoms with E-state index in [4.69, 9.17) is 16.3 Å². The van der Waals surface area contributed by atoms with Gasteiger partial charge in [-0.1, -0.05) is 23.7 Å². The Morgan fingerprint density at radius 1 is 1.38 bits per heavy atom. The van der Waals surface area contributed by atoms with Crippen molar-refractivity contribution < 1.29 is 13.5 Å². The Hall–Kier alpha value is -1.79. The van der Waals surface area contributed by atoms with Gasteiger partial charge in [0.2, 0.25) is 0 Å². The number of benzene rings is 1. The van der Waals surface area contributed by atoms with Crippen molar-refractivity contribution in [3.63, 3.8) is 0 Å². The summed E-state index contributed by atoms with van der Waals surface area (Å²) < 4.78 is 30.2. The molecular formula is C14H16ClF2N3O. The smallest absolute Gasteiger partial charge is 0.183 e. The van der Waals surface area contributed by atoms with Crippen molar-refractivity contribution in [3.05, 3.63) is 46.5 Å². The number of ether oxygens (including phenoxy) is 1. The molecule has 0 saturated carbocycles. The zero-order valence-electron chi connectivity index (χ0n) is 11.4. The van der Waals surface area contributed by atoms with Crippen LogP contribution in [0.5, 0.6) is 0 Å². The molecule has 0 atom stereocenters. The minimum absolute atomic E-state index is 0.0285. The maximum absolute atomic E-state index is 13.7. The maximum Gasteiger partial charge on any atom is 0.183 e. The van der Waals surface area contributed by atoms with E-state index in [-0.39, 0.29) is 19.2 Å². The van der Waals surface area contributed by atoms with Gasteiger partial charge in [0.25, 0.3) is 0 Å². The van der Waals surface area contributed by atoms with E-state index in [9.17, 15) is 8.78 Å². The third kappa shape index (κ3) is 6.97. The van der Waals surface area contributed by atoms with Gasteiger partial charge in [0, 0.05) is 11.6 Å². The Kier molecular flexibility index (Phi) is 8.23. The lowest BCUT2D eigenvalue weighted by Gasteiger charge is -2.06. The van der Waals surface area contributed by atoms with Crippen LogP contribution in [0.4, 0.5) is 8.78 Å². The number of hydrogen-bond acceptors (Lipinski definition) is 4. The summed E-state index contributed by atoms with van der Waals surface area (Å²) in [5.41, 5.74) is 0.913. The molecule has 7 heteroatoms. The molecule has 0 fully saturated rings. The van der Waals surface area contributed by atoms with Crippen LogP contribution in [0.15, 0.2) is 45.9 Å². The highest BCUT2D eigenvalue weighted by atomic mass is 35.5. The van der Waals surface area contributed by atoms with Crippen LogP contribution in [-0.2, 0) is 11.3 Å². The molecule has 1 aromatic rings. The second-order valence-corrected chi connectivity index (χ2v) is 4.31. The van der Waals surface area contributed by atoms with Gasteiger partial charge in [0.05, 0.1) is 12.8 Å². The van der Waals surface area contributed by atoms with Gasteiger partial charge in [0.1, 0.15) is 13.4 Å². The van der Waals surface area contributed by atoms with Crippen LogP contribution in [0, 0.1) is 0 Å². The molecule has 0 aliphatic heterocycles. The van der Waals surface area contributed by atoms with E-state index in [1.165, 1.54) is 0 Å². The standard InChI is InChI=1S/C14H16ClF2N3O/c1-18-14(13(17)9-19-10-21-7-6-16)20-8-11-2-4-12(15)5-3-11/h2-5,9,20H,1,6-8,10H2/b14-13-,19-9-. The Labute approximate surface area is 127 Å². The molecule has 0 saturated heterocycles. The van der Waals surface area contributed by atoms with E-state index < -0.39 is 12.5 Å². The first-order valence-electron chi connectivity index (χ1n) is 6.15. The molecule has 0 aliphatic rings. The van der Waals surface area contributed by atoms with Crippen molar-refractivity contribution in [3.8, 4) is 0 Å². The zero-order chi connectivity index (χ0) is 15.5. The highest BCUT2D eigenvalue weighted by Crippen LogP contribution is 2.10. The fraction of sp³-hybridized carbons (Fsp3) is 0.286. The number of rotatable bonds is 9. The summed E-state index contributed by atoms with van der Waals surface area (Å²) >= 11 is 5.77. The number of alkyl halides is 1. The third-order valence-electron chi connectivity index (χ3n) is 2.35. The molecule has 0 bridgehead atoms. The van der Waals surface area contributed by atoms with E-state index in [0.29, 0.717) is 11.6 Å². The molecule has 21 heavy (non-hydrogen) atoms. The van der Waals surface area contributed by atoms with Crippen LogP contribution in [0.2, 0.25) is 5.02 Å². The third-order valence-corrected chi connectivity index (χ3v) is 2.60. The van der Waals surface area contributed by atoms with E-state index in [1.54, 1.807) is 12.1 Å². The van der Waals surface area contributed by atoms with Gasteiger partial charge in [-0.2, -0.15) is 0 Å². The molecule has 4 nitrogen and oxygen atoms in total. The van der Waals surface area contributed by atoms with Crippen molar-refractivity contribution >= 4 is 24.5 Å². The van der Waals surface area contributed by atoms with Gasteiger partial charge in [-0.05, 0) is 24.4 Å². The fourth-order valence-corrected chi connectivity index (χ4v) is 1.48. The van der Waals surface area contributed by atoms with E-state index in [0.717, 1.165) is 11.8 Å². The summed E-state index contributed by atoms with van der Waals surface area (Å²) in [6.45, 7) is 2.88. The van der Waals surface area contributed by atoms with Crippen molar-refractivity contribution in [2.24, 2.45) is 9.98 Å². The zero-order valence-corrected chi connectivity index (χ0v) is 12.1. The summed E-state index contributed by atoms with van der Waals surface area (Å²) in [5, 5.41) is 3.43. The predicted octanol–water partition coefficient (Wildman–Crippen LogP) is 3.28. The molecule has 0 radical (unpaired) electrons. The number of allylic oxidation sites excluding steroid dienone is 1. The second-order valence-electron chi connectivity index (χ2n) is 3.87. The van der Waals surface area contributed by atoms with Gasteiger partial charge < -0.3 is 10.1 Å². The monoisotopic (exact) mass is 315 g/mol. The lowest BCUT2D eigenvalue weighted by atomic mass is 10.2. The van der Waals surface area contributed by atoms with Crippen molar-refractivity contribution in [2.45, 2.75) is 6.54 Å². The van der Waals surface area contributed by atoms with Crippen molar-refractivity contribution in [1.82, 2.24) is 5.32 Å². The van der Waals surface area contributed by atoms with Gasteiger partial charge in [-0.3, -0.25) is 4.99 Å². The molecule has 1 N–H and O–H groups in total. The Morgan fingerprint density at radius 3 is 2.71 bits per heavy atom. The minimum atomic E-state index is -0.678. The lowest BCUT2D eigenvalue weighted by Crippen LogP contribution is -2.13.